The first-order valence-electron chi connectivity index (χ1n) is 8.45. The number of ether oxygens (including phenoxy) is 1. The second kappa shape index (κ2) is 6.98. The lowest BCUT2D eigenvalue weighted by molar-refractivity contribution is 0.158. The third-order valence-corrected chi connectivity index (χ3v) is 4.54. The van der Waals surface area contributed by atoms with Gasteiger partial charge in [0.25, 0.3) is 0 Å². The number of hydrogen-bond donors (Lipinski definition) is 2. The van der Waals surface area contributed by atoms with Gasteiger partial charge in [0.2, 0.25) is 0 Å². The number of anilines is 1. The second-order valence-electron chi connectivity index (χ2n) is 6.12. The van der Waals surface area contributed by atoms with E-state index in [1.807, 2.05) is 24.3 Å². The molecule has 0 unspecified atom stereocenters. The van der Waals surface area contributed by atoms with Crippen molar-refractivity contribution in [3.63, 3.8) is 0 Å². The fraction of sp³-hybridized carbons (Fsp3) is 0.143. The Morgan fingerprint density at radius 1 is 0.962 bits per heavy atom. The van der Waals surface area contributed by atoms with Crippen LogP contribution in [0.25, 0.3) is 11.1 Å². The van der Waals surface area contributed by atoms with Gasteiger partial charge in [-0.2, -0.15) is 0 Å². The molecule has 2 aromatic carbocycles. The number of pyridine rings is 1. The molecule has 0 spiro atoms. The molecule has 4 rings (SSSR count). The summed E-state index contributed by atoms with van der Waals surface area (Å²) in [5, 5.41) is 11.7. The molecule has 5 nitrogen and oxygen atoms in total. The molecule has 0 bridgehead atoms. The van der Waals surface area contributed by atoms with E-state index in [0.717, 1.165) is 0 Å². The maximum Gasteiger partial charge on any atom is 0.412 e. The van der Waals surface area contributed by atoms with Gasteiger partial charge in [-0.25, -0.2) is 9.78 Å². The number of nitrogens with one attached hydrogen (secondary N) is 1. The highest BCUT2D eigenvalue weighted by molar-refractivity contribution is 5.84. The number of hydrogen-bond acceptors (Lipinski definition) is 4. The summed E-state index contributed by atoms with van der Waals surface area (Å²) < 4.78 is 5.46. The maximum absolute atomic E-state index is 12.2. The van der Waals surface area contributed by atoms with Crippen LogP contribution in [0.1, 0.15) is 22.7 Å². The molecule has 0 fully saturated rings. The number of nitrogens with zero attached hydrogens (tertiary/aromatic N) is 1. The third-order valence-electron chi connectivity index (χ3n) is 4.54. The van der Waals surface area contributed by atoms with Crippen molar-refractivity contribution in [2.45, 2.75) is 12.5 Å². The van der Waals surface area contributed by atoms with Crippen LogP contribution in [0.15, 0.2) is 66.7 Å². The Bertz CT molecular complexity index is 910. The monoisotopic (exact) mass is 346 g/mol. The van der Waals surface area contributed by atoms with Gasteiger partial charge in [0, 0.05) is 5.92 Å². The molecule has 2 N–H and O–H groups in total. The Labute approximate surface area is 151 Å². The predicted molar refractivity (Wildman–Crippen MR) is 98.9 cm³/mol. The highest BCUT2D eigenvalue weighted by Gasteiger charge is 2.28. The molecule has 1 aromatic heterocycles. The topological polar surface area (TPSA) is 71.5 Å². The third kappa shape index (κ3) is 3.05. The van der Waals surface area contributed by atoms with Gasteiger partial charge < -0.3 is 9.84 Å². The van der Waals surface area contributed by atoms with Gasteiger partial charge in [0.15, 0.2) is 0 Å². The molecule has 130 valence electrons. The summed E-state index contributed by atoms with van der Waals surface area (Å²) in [5.41, 5.74) is 5.20. The Balaban J connectivity index is 1.48. The van der Waals surface area contributed by atoms with Crippen molar-refractivity contribution in [1.82, 2.24) is 4.98 Å². The van der Waals surface area contributed by atoms with Crippen LogP contribution < -0.4 is 5.32 Å². The number of aliphatic hydroxyl groups excluding tert-OH is 1. The van der Waals surface area contributed by atoms with Crippen molar-refractivity contribution < 1.29 is 14.6 Å². The number of amides is 1. The van der Waals surface area contributed by atoms with Crippen molar-refractivity contribution >= 4 is 11.9 Å². The van der Waals surface area contributed by atoms with E-state index in [0.29, 0.717) is 11.5 Å². The summed E-state index contributed by atoms with van der Waals surface area (Å²) in [4.78, 5) is 16.3. The lowest BCUT2D eigenvalue weighted by Gasteiger charge is -2.14. The molecular formula is C21H18N2O3. The van der Waals surface area contributed by atoms with Crippen LogP contribution in [0, 0.1) is 0 Å². The molecule has 1 heterocycles. The van der Waals surface area contributed by atoms with Crippen molar-refractivity contribution in [3.05, 3.63) is 83.6 Å². The molecule has 5 heteroatoms. The minimum absolute atomic E-state index is 0.0184. The van der Waals surface area contributed by atoms with Crippen LogP contribution in [0.3, 0.4) is 0 Å². The number of carbonyl (C=O) groups excluding carboxylic acids is 1. The van der Waals surface area contributed by atoms with Crippen LogP contribution in [-0.4, -0.2) is 22.8 Å². The summed E-state index contributed by atoms with van der Waals surface area (Å²) in [6.45, 7) is 0.0692. The van der Waals surface area contributed by atoms with Crippen LogP contribution in [0.4, 0.5) is 10.6 Å². The number of rotatable bonds is 4. The van der Waals surface area contributed by atoms with Crippen molar-refractivity contribution in [2.24, 2.45) is 0 Å². The highest BCUT2D eigenvalue weighted by Crippen LogP contribution is 2.44. The van der Waals surface area contributed by atoms with E-state index in [-0.39, 0.29) is 19.1 Å². The summed E-state index contributed by atoms with van der Waals surface area (Å²) in [5.74, 6) is 0.374. The van der Waals surface area contributed by atoms with Gasteiger partial charge in [-0.1, -0.05) is 54.6 Å². The Morgan fingerprint density at radius 2 is 1.62 bits per heavy atom. The zero-order chi connectivity index (χ0) is 17.9. The van der Waals surface area contributed by atoms with E-state index in [4.69, 9.17) is 9.84 Å². The van der Waals surface area contributed by atoms with E-state index < -0.39 is 6.09 Å². The zero-order valence-electron chi connectivity index (χ0n) is 14.1. The molecule has 3 aromatic rings. The summed E-state index contributed by atoms with van der Waals surface area (Å²) >= 11 is 0. The fourth-order valence-electron chi connectivity index (χ4n) is 3.38. The van der Waals surface area contributed by atoms with Crippen molar-refractivity contribution in [3.8, 4) is 11.1 Å². The predicted octanol–water partition coefficient (Wildman–Crippen LogP) is 3.93. The van der Waals surface area contributed by atoms with Gasteiger partial charge in [0.1, 0.15) is 12.4 Å². The van der Waals surface area contributed by atoms with Gasteiger partial charge in [-0.05, 0) is 34.4 Å². The molecule has 0 aliphatic heterocycles. The quantitative estimate of drug-likeness (QED) is 0.751. The van der Waals surface area contributed by atoms with E-state index >= 15 is 0 Å². The Hall–Kier alpha value is -3.18. The first-order valence-corrected chi connectivity index (χ1v) is 8.45. The van der Waals surface area contributed by atoms with Crippen LogP contribution >= 0.6 is 0 Å². The van der Waals surface area contributed by atoms with E-state index in [2.05, 4.69) is 34.6 Å². The number of carbonyl (C=O) groups is 1. The molecule has 1 amide bonds. The second-order valence-corrected chi connectivity index (χ2v) is 6.12. The van der Waals surface area contributed by atoms with Gasteiger partial charge >= 0.3 is 6.09 Å². The van der Waals surface area contributed by atoms with Gasteiger partial charge in [0.05, 0.1) is 12.3 Å². The van der Waals surface area contributed by atoms with E-state index in [1.54, 1.807) is 18.2 Å². The smallest absolute Gasteiger partial charge is 0.412 e. The van der Waals surface area contributed by atoms with Crippen LogP contribution in [-0.2, 0) is 11.3 Å². The highest BCUT2D eigenvalue weighted by atomic mass is 16.5. The normalized spacial score (nSPS) is 12.3. The zero-order valence-corrected chi connectivity index (χ0v) is 14.1. The Kier molecular flexibility index (Phi) is 4.37. The SMILES string of the molecule is O=C(Nc1cccc(CO)n1)OCC1c2ccccc2-c2ccccc21. The minimum atomic E-state index is -0.561. The first kappa shape index (κ1) is 16.3. The van der Waals surface area contributed by atoms with Crippen molar-refractivity contribution in [1.29, 1.82) is 0 Å². The lowest BCUT2D eigenvalue weighted by atomic mass is 9.98. The first-order chi connectivity index (χ1) is 12.8. The minimum Gasteiger partial charge on any atom is -0.448 e. The Morgan fingerprint density at radius 3 is 2.27 bits per heavy atom. The number of benzene rings is 2. The molecule has 0 atom stereocenters. The van der Waals surface area contributed by atoms with E-state index in [1.165, 1.54) is 22.3 Å². The summed E-state index contributed by atoms with van der Waals surface area (Å²) in [6, 6.07) is 21.4. The number of aromatic nitrogens is 1. The average Bonchev–Trinajstić information content (AvgIpc) is 3.00. The van der Waals surface area contributed by atoms with E-state index in [9.17, 15) is 4.79 Å². The molecule has 0 saturated heterocycles. The molecule has 1 aliphatic carbocycles. The van der Waals surface area contributed by atoms with Gasteiger partial charge in [-0.15, -0.1) is 0 Å². The molecule has 1 aliphatic rings. The number of fused-ring (bicyclic) bond motifs is 3. The molecular weight excluding hydrogens is 328 g/mol. The maximum atomic E-state index is 12.2. The molecule has 0 saturated carbocycles. The average molecular weight is 346 g/mol. The van der Waals surface area contributed by atoms with Gasteiger partial charge in [-0.3, -0.25) is 5.32 Å². The summed E-state index contributed by atoms with van der Waals surface area (Å²) in [6.07, 6.45) is -0.561. The lowest BCUT2D eigenvalue weighted by Crippen LogP contribution is -2.18. The standard InChI is InChI=1S/C21H18N2O3/c24-12-14-6-5-11-20(22-14)23-21(25)26-13-19-17-9-3-1-7-15(17)16-8-2-4-10-18(16)19/h1-11,19,24H,12-13H2,(H,22,23,25). The summed E-state index contributed by atoms with van der Waals surface area (Å²) in [7, 11) is 0. The fourth-order valence-corrected chi connectivity index (χ4v) is 3.38. The van der Waals surface area contributed by atoms with Crippen molar-refractivity contribution in [2.75, 3.05) is 11.9 Å². The molecule has 26 heavy (non-hydrogen) atoms. The number of aliphatic hydroxyl groups is 1. The molecule has 0 radical (unpaired) electrons. The van der Waals surface area contributed by atoms with Crippen LogP contribution in [0.5, 0.6) is 0 Å². The van der Waals surface area contributed by atoms with Crippen LogP contribution in [0.2, 0.25) is 0 Å². The largest absolute Gasteiger partial charge is 0.448 e.